The zero-order valence-corrected chi connectivity index (χ0v) is 12.6. The van der Waals surface area contributed by atoms with Crippen LogP contribution in [0.4, 0.5) is 5.69 Å². The molecule has 1 fully saturated rings. The van der Waals surface area contributed by atoms with Crippen LogP contribution < -0.4 is 4.90 Å². The van der Waals surface area contributed by atoms with Crippen LogP contribution in [-0.2, 0) is 4.74 Å². The third-order valence-corrected chi connectivity index (χ3v) is 3.60. The molecule has 2 rings (SSSR count). The predicted octanol–water partition coefficient (Wildman–Crippen LogP) is 3.27. The van der Waals surface area contributed by atoms with Gasteiger partial charge in [0.1, 0.15) is 0 Å². The first-order chi connectivity index (χ1) is 8.39. The van der Waals surface area contributed by atoms with Gasteiger partial charge >= 0.3 is 0 Å². The minimum absolute atomic E-state index is 0.0931. The molecule has 1 aliphatic heterocycles. The number of Topliss-reactive ketones (excluding diaryl/α,β-unsaturated/α-hetero) is 1. The van der Waals surface area contributed by atoms with Gasteiger partial charge in [-0.2, -0.15) is 0 Å². The molecule has 0 spiro atoms. The molecule has 0 saturated carbocycles. The second kappa shape index (κ2) is 5.02. The molecule has 0 N–H and O–H groups in total. The van der Waals surface area contributed by atoms with Gasteiger partial charge in [0.05, 0.1) is 12.2 Å². The third-order valence-electron chi connectivity index (χ3n) is 3.10. The Kier molecular flexibility index (Phi) is 3.78. The Morgan fingerprint density at radius 3 is 2.78 bits per heavy atom. The van der Waals surface area contributed by atoms with Gasteiger partial charge in [0.25, 0.3) is 0 Å². The van der Waals surface area contributed by atoms with Crippen molar-refractivity contribution in [3.05, 3.63) is 28.2 Å². The van der Waals surface area contributed by atoms with Crippen molar-refractivity contribution in [2.75, 3.05) is 24.6 Å². The van der Waals surface area contributed by atoms with E-state index in [1.807, 2.05) is 18.2 Å². The fraction of sp³-hybridized carbons (Fsp3) is 0.500. The van der Waals surface area contributed by atoms with Crippen LogP contribution in [0.25, 0.3) is 0 Å². The number of rotatable bonds is 2. The summed E-state index contributed by atoms with van der Waals surface area (Å²) in [4.78, 5) is 14.0. The van der Waals surface area contributed by atoms with Gasteiger partial charge in [-0.3, -0.25) is 4.79 Å². The van der Waals surface area contributed by atoms with Gasteiger partial charge in [0.2, 0.25) is 0 Å². The lowest BCUT2D eigenvalue weighted by Gasteiger charge is -2.40. The summed E-state index contributed by atoms with van der Waals surface area (Å²) in [6, 6.07) is 5.87. The van der Waals surface area contributed by atoms with E-state index in [1.165, 1.54) is 0 Å². The van der Waals surface area contributed by atoms with Crippen molar-refractivity contribution < 1.29 is 9.53 Å². The highest BCUT2D eigenvalue weighted by Gasteiger charge is 2.28. The Morgan fingerprint density at radius 1 is 1.44 bits per heavy atom. The maximum absolute atomic E-state index is 11.7. The number of nitrogens with zero attached hydrogens (tertiary/aromatic N) is 1. The zero-order valence-electron chi connectivity index (χ0n) is 11.0. The van der Waals surface area contributed by atoms with Crippen molar-refractivity contribution in [1.29, 1.82) is 0 Å². The lowest BCUT2D eigenvalue weighted by atomic mass is 10.0. The van der Waals surface area contributed by atoms with Crippen LogP contribution in [0.3, 0.4) is 0 Å². The average molecular weight is 312 g/mol. The molecule has 1 aromatic carbocycles. The largest absolute Gasteiger partial charge is 0.372 e. The quantitative estimate of drug-likeness (QED) is 0.785. The molecule has 0 radical (unpaired) electrons. The summed E-state index contributed by atoms with van der Waals surface area (Å²) in [5.41, 5.74) is 1.60. The summed E-state index contributed by atoms with van der Waals surface area (Å²) in [5, 5.41) is 0. The van der Waals surface area contributed by atoms with E-state index in [4.69, 9.17) is 4.74 Å². The van der Waals surface area contributed by atoms with Crippen molar-refractivity contribution in [2.24, 2.45) is 0 Å². The van der Waals surface area contributed by atoms with E-state index in [-0.39, 0.29) is 11.4 Å². The number of carbonyl (C=O) groups excluding carboxylic acids is 1. The van der Waals surface area contributed by atoms with E-state index in [1.54, 1.807) is 6.92 Å². The SMILES string of the molecule is CC(=O)c1cc(Br)ccc1N1CCOC(C)(C)C1. The van der Waals surface area contributed by atoms with E-state index >= 15 is 0 Å². The van der Waals surface area contributed by atoms with Crippen molar-refractivity contribution in [3.63, 3.8) is 0 Å². The summed E-state index contributed by atoms with van der Waals surface area (Å²) < 4.78 is 6.64. The van der Waals surface area contributed by atoms with E-state index in [0.717, 1.165) is 28.8 Å². The second-order valence-corrected chi connectivity index (χ2v) is 6.16. The molecule has 1 heterocycles. The van der Waals surface area contributed by atoms with Crippen molar-refractivity contribution in [3.8, 4) is 0 Å². The first kappa shape index (κ1) is 13.6. The molecule has 0 unspecified atom stereocenters. The number of carbonyl (C=O) groups is 1. The summed E-state index contributed by atoms with van der Waals surface area (Å²) in [7, 11) is 0. The standard InChI is InChI=1S/C14H18BrNO2/c1-10(17)12-8-11(15)4-5-13(12)16-6-7-18-14(2,3)9-16/h4-5,8H,6-7,9H2,1-3H3. The van der Waals surface area contributed by atoms with Crippen molar-refractivity contribution in [1.82, 2.24) is 0 Å². The van der Waals surface area contributed by atoms with Gasteiger partial charge in [-0.05, 0) is 39.0 Å². The first-order valence-electron chi connectivity index (χ1n) is 6.08. The van der Waals surface area contributed by atoms with E-state index in [0.29, 0.717) is 6.61 Å². The summed E-state index contributed by atoms with van der Waals surface area (Å²) in [6.07, 6.45) is 0. The zero-order chi connectivity index (χ0) is 13.3. The number of anilines is 1. The van der Waals surface area contributed by atoms with Crippen LogP contribution in [0.2, 0.25) is 0 Å². The smallest absolute Gasteiger partial charge is 0.161 e. The highest BCUT2D eigenvalue weighted by atomic mass is 79.9. The minimum atomic E-state index is -0.167. The summed E-state index contributed by atoms with van der Waals surface area (Å²) >= 11 is 3.42. The average Bonchev–Trinajstić information content (AvgIpc) is 2.27. The molecule has 0 amide bonds. The lowest BCUT2D eigenvalue weighted by Crippen LogP contribution is -2.48. The molecule has 0 bridgehead atoms. The van der Waals surface area contributed by atoms with E-state index in [2.05, 4.69) is 34.7 Å². The van der Waals surface area contributed by atoms with Crippen LogP contribution in [0, 0.1) is 0 Å². The van der Waals surface area contributed by atoms with Crippen molar-refractivity contribution >= 4 is 27.4 Å². The molecule has 98 valence electrons. The first-order valence-corrected chi connectivity index (χ1v) is 6.88. The number of hydrogen-bond acceptors (Lipinski definition) is 3. The molecule has 0 aliphatic carbocycles. The van der Waals surface area contributed by atoms with Crippen LogP contribution >= 0.6 is 15.9 Å². The van der Waals surface area contributed by atoms with Gasteiger partial charge in [0.15, 0.2) is 5.78 Å². The second-order valence-electron chi connectivity index (χ2n) is 5.25. The third kappa shape index (κ3) is 2.93. The van der Waals surface area contributed by atoms with Crippen LogP contribution in [0.5, 0.6) is 0 Å². The Labute approximate surface area is 116 Å². The van der Waals surface area contributed by atoms with Gasteiger partial charge in [0, 0.05) is 28.8 Å². The van der Waals surface area contributed by atoms with Gasteiger partial charge < -0.3 is 9.64 Å². The predicted molar refractivity (Wildman–Crippen MR) is 76.4 cm³/mol. The highest BCUT2D eigenvalue weighted by Crippen LogP contribution is 2.28. The summed E-state index contributed by atoms with van der Waals surface area (Å²) in [5.74, 6) is 0.0931. The monoisotopic (exact) mass is 311 g/mol. The molecule has 18 heavy (non-hydrogen) atoms. The lowest BCUT2D eigenvalue weighted by molar-refractivity contribution is -0.0277. The Bertz CT molecular complexity index is 471. The Balaban J connectivity index is 2.35. The van der Waals surface area contributed by atoms with Crippen LogP contribution in [0.1, 0.15) is 31.1 Å². The van der Waals surface area contributed by atoms with E-state index < -0.39 is 0 Å². The molecule has 0 atom stereocenters. The Hall–Kier alpha value is -0.870. The summed E-state index contributed by atoms with van der Waals surface area (Å²) in [6.45, 7) is 8.08. The van der Waals surface area contributed by atoms with E-state index in [9.17, 15) is 4.79 Å². The maximum Gasteiger partial charge on any atom is 0.161 e. The number of halogens is 1. The number of ether oxygens (including phenoxy) is 1. The molecule has 4 heteroatoms. The molecule has 0 aromatic heterocycles. The number of hydrogen-bond donors (Lipinski definition) is 0. The molecule has 1 saturated heterocycles. The molecule has 1 aliphatic rings. The van der Waals surface area contributed by atoms with Gasteiger partial charge in [-0.1, -0.05) is 15.9 Å². The normalized spacial score (nSPS) is 18.8. The molecule has 1 aromatic rings. The number of morpholine rings is 1. The molecular weight excluding hydrogens is 294 g/mol. The fourth-order valence-electron chi connectivity index (χ4n) is 2.29. The maximum atomic E-state index is 11.7. The molecule has 3 nitrogen and oxygen atoms in total. The van der Waals surface area contributed by atoms with Gasteiger partial charge in [-0.15, -0.1) is 0 Å². The van der Waals surface area contributed by atoms with Gasteiger partial charge in [-0.25, -0.2) is 0 Å². The topological polar surface area (TPSA) is 29.5 Å². The van der Waals surface area contributed by atoms with Crippen molar-refractivity contribution in [2.45, 2.75) is 26.4 Å². The fourth-order valence-corrected chi connectivity index (χ4v) is 2.65. The number of ketones is 1. The minimum Gasteiger partial charge on any atom is -0.372 e. The van der Waals surface area contributed by atoms with Crippen LogP contribution in [-0.4, -0.2) is 31.1 Å². The Morgan fingerprint density at radius 2 is 2.17 bits per heavy atom. The number of benzene rings is 1. The molecular formula is C14H18BrNO2. The highest BCUT2D eigenvalue weighted by molar-refractivity contribution is 9.10. The van der Waals surface area contributed by atoms with Crippen LogP contribution in [0.15, 0.2) is 22.7 Å².